The van der Waals surface area contributed by atoms with Gasteiger partial charge in [0.2, 0.25) is 0 Å². The van der Waals surface area contributed by atoms with E-state index < -0.39 is 0 Å². The summed E-state index contributed by atoms with van der Waals surface area (Å²) in [5, 5.41) is 0. The fourth-order valence-corrected chi connectivity index (χ4v) is 0.139. The molecule has 0 aromatic heterocycles. The first kappa shape index (κ1) is 10.8. The van der Waals surface area contributed by atoms with Crippen molar-refractivity contribution < 1.29 is 28.3 Å². The van der Waals surface area contributed by atoms with Crippen molar-refractivity contribution in [3.8, 4) is 0 Å². The molecular formula is C5H7LiO2. The van der Waals surface area contributed by atoms with Crippen LogP contribution >= 0.6 is 0 Å². The van der Waals surface area contributed by atoms with Crippen molar-refractivity contribution in [1.82, 2.24) is 0 Å². The van der Waals surface area contributed by atoms with E-state index in [0.717, 1.165) is 0 Å². The Morgan fingerprint density at radius 1 is 1.75 bits per heavy atom. The first-order valence-corrected chi connectivity index (χ1v) is 1.79. The molecule has 0 fully saturated rings. The fraction of sp³-hybridized carbons (Fsp3) is 0.400. The van der Waals surface area contributed by atoms with Crippen molar-refractivity contribution in [2.24, 2.45) is 0 Å². The molecule has 0 spiro atoms. The van der Waals surface area contributed by atoms with Gasteiger partial charge in [-0.05, 0) is 6.26 Å². The van der Waals surface area contributed by atoms with Crippen LogP contribution in [0.2, 0.25) is 0 Å². The summed E-state index contributed by atoms with van der Waals surface area (Å²) in [6.45, 7) is 3.43. The van der Waals surface area contributed by atoms with Gasteiger partial charge in [-0.3, -0.25) is 5.73 Å². The van der Waals surface area contributed by atoms with Gasteiger partial charge in [0.15, 0.2) is 6.79 Å². The predicted octanol–water partition coefficient (Wildman–Crippen LogP) is -2.29. The van der Waals surface area contributed by atoms with Gasteiger partial charge in [0.05, 0.1) is 0 Å². The van der Waals surface area contributed by atoms with E-state index in [-0.39, 0.29) is 25.7 Å². The summed E-state index contributed by atoms with van der Waals surface area (Å²) in [7, 11) is 1.53. The zero-order valence-electron chi connectivity index (χ0n) is 5.23. The molecule has 0 aromatic carbocycles. The van der Waals surface area contributed by atoms with E-state index >= 15 is 0 Å². The van der Waals surface area contributed by atoms with Crippen LogP contribution in [0.25, 0.3) is 0 Å². The molecule has 0 saturated heterocycles. The Balaban J connectivity index is 0. The second-order valence-corrected chi connectivity index (χ2v) is 0.830. The van der Waals surface area contributed by atoms with Crippen molar-refractivity contribution in [3.05, 3.63) is 18.6 Å². The molecular weight excluding hydrogens is 99.0 g/mol. The Kier molecular flexibility index (Phi) is 13.5. The van der Waals surface area contributed by atoms with Crippen LogP contribution in [-0.4, -0.2) is 13.9 Å². The summed E-state index contributed by atoms with van der Waals surface area (Å²) in [5.74, 6) is 0. The predicted molar refractivity (Wildman–Crippen MR) is 25.3 cm³/mol. The van der Waals surface area contributed by atoms with Crippen LogP contribution in [0.3, 0.4) is 0 Å². The maximum Gasteiger partial charge on any atom is 1.00 e. The van der Waals surface area contributed by atoms with Crippen molar-refractivity contribution in [1.29, 1.82) is 0 Å². The Hall–Kier alpha value is -0.123. The topological polar surface area (TPSA) is 18.5 Å². The maximum absolute atomic E-state index is 4.49. The van der Waals surface area contributed by atoms with Gasteiger partial charge in [-0.1, -0.05) is 0 Å². The fourth-order valence-electron chi connectivity index (χ4n) is 0.139. The van der Waals surface area contributed by atoms with Gasteiger partial charge < -0.3 is 9.47 Å². The van der Waals surface area contributed by atoms with Crippen molar-refractivity contribution >= 4 is 0 Å². The molecule has 0 heterocycles. The molecule has 0 amide bonds. The van der Waals surface area contributed by atoms with E-state index in [1.54, 1.807) is 0 Å². The second-order valence-electron chi connectivity index (χ2n) is 0.830. The van der Waals surface area contributed by atoms with Crippen LogP contribution in [-0.2, 0) is 9.47 Å². The van der Waals surface area contributed by atoms with E-state index in [1.807, 2.05) is 0 Å². The van der Waals surface area contributed by atoms with Crippen LogP contribution in [0.4, 0.5) is 0 Å². The standard InChI is InChI=1S/C5H7O2.Li/c1-3-4-7-5-6-2;/h1,5H2,2H3;/q-1;+1. The molecule has 0 bridgehead atoms. The zero-order chi connectivity index (χ0) is 5.54. The van der Waals surface area contributed by atoms with E-state index in [9.17, 15) is 0 Å². The average molecular weight is 106 g/mol. The number of rotatable bonds is 3. The first-order chi connectivity index (χ1) is 3.41. The van der Waals surface area contributed by atoms with Crippen LogP contribution in [0.1, 0.15) is 0 Å². The van der Waals surface area contributed by atoms with Gasteiger partial charge in [-0.25, -0.2) is 6.58 Å². The Morgan fingerprint density at radius 3 is 2.75 bits per heavy atom. The summed E-state index contributed by atoms with van der Waals surface area (Å²) in [4.78, 5) is 0. The number of hydrogen-bond acceptors (Lipinski definition) is 2. The minimum atomic E-state index is 0. The van der Waals surface area contributed by atoms with Crippen LogP contribution in [0.15, 0.2) is 12.3 Å². The summed E-state index contributed by atoms with van der Waals surface area (Å²) >= 11 is 0. The van der Waals surface area contributed by atoms with E-state index in [4.69, 9.17) is 0 Å². The quantitative estimate of drug-likeness (QED) is 0.101. The molecule has 0 aliphatic carbocycles. The molecule has 0 unspecified atom stereocenters. The molecule has 0 rings (SSSR count). The Bertz CT molecular complexity index is 76.5. The van der Waals surface area contributed by atoms with Crippen LogP contribution in [0, 0.1) is 6.26 Å². The second kappa shape index (κ2) is 9.99. The molecule has 40 valence electrons. The van der Waals surface area contributed by atoms with Crippen molar-refractivity contribution in [3.63, 3.8) is 0 Å². The summed E-state index contributed by atoms with van der Waals surface area (Å²) in [6.07, 6.45) is 2.26. The summed E-state index contributed by atoms with van der Waals surface area (Å²) in [5.41, 5.74) is 2.30. The van der Waals surface area contributed by atoms with E-state index in [1.165, 1.54) is 7.11 Å². The number of hydrogen-bond donors (Lipinski definition) is 0. The van der Waals surface area contributed by atoms with Gasteiger partial charge in [0, 0.05) is 7.11 Å². The molecule has 2 nitrogen and oxygen atoms in total. The van der Waals surface area contributed by atoms with Crippen LogP contribution in [0.5, 0.6) is 0 Å². The largest absolute Gasteiger partial charge is 1.00 e. The Labute approximate surface area is 61.3 Å². The Morgan fingerprint density at radius 2 is 2.38 bits per heavy atom. The third-order valence-electron chi connectivity index (χ3n) is 0.321. The normalized spacial score (nSPS) is 6.12. The van der Waals surface area contributed by atoms with Crippen LogP contribution < -0.4 is 18.9 Å². The van der Waals surface area contributed by atoms with Crippen molar-refractivity contribution in [2.75, 3.05) is 13.9 Å². The van der Waals surface area contributed by atoms with Gasteiger partial charge in [0.25, 0.3) is 0 Å². The first-order valence-electron chi connectivity index (χ1n) is 1.79. The minimum Gasteiger partial charge on any atom is -0.564 e. The zero-order valence-corrected chi connectivity index (χ0v) is 5.23. The minimum absolute atomic E-state index is 0. The van der Waals surface area contributed by atoms with Gasteiger partial charge >= 0.3 is 18.9 Å². The molecule has 8 heavy (non-hydrogen) atoms. The molecule has 0 saturated carbocycles. The van der Waals surface area contributed by atoms with Crippen molar-refractivity contribution in [2.45, 2.75) is 0 Å². The molecule has 0 aliphatic rings. The van der Waals surface area contributed by atoms with Gasteiger partial charge in [-0.2, -0.15) is 0 Å². The smallest absolute Gasteiger partial charge is 0.564 e. The molecule has 0 aliphatic heterocycles. The third-order valence-corrected chi connectivity index (χ3v) is 0.321. The molecule has 0 atom stereocenters. The average Bonchev–Trinajstić information content (AvgIpc) is 1.69. The SMILES string of the molecule is C=C=[C-]OCOC.[Li+]. The van der Waals surface area contributed by atoms with E-state index in [2.05, 4.69) is 28.0 Å². The summed E-state index contributed by atoms with van der Waals surface area (Å²) in [6, 6.07) is 0. The van der Waals surface area contributed by atoms with Gasteiger partial charge in [0.1, 0.15) is 0 Å². The molecule has 0 aromatic rings. The maximum atomic E-state index is 4.49. The molecule has 0 N–H and O–H groups in total. The number of methoxy groups -OCH3 is 1. The number of ether oxygens (including phenoxy) is 2. The monoisotopic (exact) mass is 106 g/mol. The molecule has 3 heteroatoms. The molecule has 0 radical (unpaired) electrons. The summed E-state index contributed by atoms with van der Waals surface area (Å²) < 4.78 is 8.98. The third kappa shape index (κ3) is 9.30. The van der Waals surface area contributed by atoms with Gasteiger partial charge in [-0.15, -0.1) is 0 Å². The van der Waals surface area contributed by atoms with E-state index in [0.29, 0.717) is 0 Å².